The summed E-state index contributed by atoms with van der Waals surface area (Å²) in [6.45, 7) is 5.80. The third-order valence-corrected chi connectivity index (χ3v) is 4.62. The minimum Gasteiger partial charge on any atom is -0.268 e. The van der Waals surface area contributed by atoms with Gasteiger partial charge in [-0.1, -0.05) is 30.0 Å². The Morgan fingerprint density at radius 3 is 2.50 bits per heavy atom. The SMILES string of the molecule is Cc1cc(C)cc(-n2c(S[C@@H](C)C#N)nc3ccccc3c2=O)c1. The average molecular weight is 335 g/mol. The molecule has 1 atom stereocenters. The first kappa shape index (κ1) is 16.3. The molecule has 0 aliphatic heterocycles. The van der Waals surface area contributed by atoms with Gasteiger partial charge >= 0.3 is 0 Å². The fourth-order valence-electron chi connectivity index (χ4n) is 2.68. The standard InChI is InChI=1S/C19H17N3OS/c1-12-8-13(2)10-15(9-12)22-18(23)16-6-4-5-7-17(16)21-19(22)24-14(3)11-20/h4-10,14H,1-3H3/t14-/m0/s1. The lowest BCUT2D eigenvalue weighted by Gasteiger charge is -2.15. The molecule has 5 heteroatoms. The van der Waals surface area contributed by atoms with E-state index in [1.807, 2.05) is 44.2 Å². The maximum atomic E-state index is 13.1. The molecule has 4 nitrogen and oxygen atoms in total. The molecule has 0 unspecified atom stereocenters. The van der Waals surface area contributed by atoms with Crippen molar-refractivity contribution in [3.05, 3.63) is 63.9 Å². The van der Waals surface area contributed by atoms with Crippen molar-refractivity contribution in [2.45, 2.75) is 31.2 Å². The third-order valence-electron chi connectivity index (χ3n) is 3.67. The molecular formula is C19H17N3OS. The molecule has 0 amide bonds. The molecule has 0 fully saturated rings. The molecule has 0 aliphatic rings. The summed E-state index contributed by atoms with van der Waals surface area (Å²) in [4.78, 5) is 17.7. The van der Waals surface area contributed by atoms with Crippen molar-refractivity contribution >= 4 is 22.7 Å². The summed E-state index contributed by atoms with van der Waals surface area (Å²) in [7, 11) is 0. The lowest BCUT2D eigenvalue weighted by atomic mass is 10.1. The van der Waals surface area contributed by atoms with Crippen LogP contribution in [0.1, 0.15) is 18.1 Å². The van der Waals surface area contributed by atoms with E-state index < -0.39 is 0 Å². The minimum atomic E-state index is -0.296. The predicted octanol–water partition coefficient (Wildman–Crippen LogP) is 4.01. The summed E-state index contributed by atoms with van der Waals surface area (Å²) in [6, 6.07) is 15.5. The third kappa shape index (κ3) is 3.06. The van der Waals surface area contributed by atoms with Crippen LogP contribution in [0.2, 0.25) is 0 Å². The lowest BCUT2D eigenvalue weighted by molar-refractivity contribution is 0.816. The first-order valence-corrected chi connectivity index (χ1v) is 8.54. The van der Waals surface area contributed by atoms with Crippen molar-refractivity contribution in [1.29, 1.82) is 5.26 Å². The number of nitrogens with zero attached hydrogens (tertiary/aromatic N) is 3. The minimum absolute atomic E-state index is 0.113. The molecule has 24 heavy (non-hydrogen) atoms. The Bertz CT molecular complexity index is 997. The van der Waals surface area contributed by atoms with Crippen LogP contribution in [0, 0.1) is 25.2 Å². The van der Waals surface area contributed by atoms with Gasteiger partial charge in [0.25, 0.3) is 5.56 Å². The molecular weight excluding hydrogens is 318 g/mol. The Morgan fingerprint density at radius 1 is 1.17 bits per heavy atom. The number of hydrogen-bond donors (Lipinski definition) is 0. The quantitative estimate of drug-likeness (QED) is 0.536. The number of aryl methyl sites for hydroxylation is 2. The average Bonchev–Trinajstić information content (AvgIpc) is 2.54. The van der Waals surface area contributed by atoms with E-state index >= 15 is 0 Å². The zero-order valence-corrected chi connectivity index (χ0v) is 14.6. The van der Waals surface area contributed by atoms with E-state index in [-0.39, 0.29) is 10.8 Å². The highest BCUT2D eigenvalue weighted by atomic mass is 32.2. The number of hydrogen-bond acceptors (Lipinski definition) is 4. The van der Waals surface area contributed by atoms with E-state index in [9.17, 15) is 4.79 Å². The highest BCUT2D eigenvalue weighted by molar-refractivity contribution is 8.00. The van der Waals surface area contributed by atoms with Crippen LogP contribution in [-0.2, 0) is 0 Å². The molecule has 0 bridgehead atoms. The van der Waals surface area contributed by atoms with Crippen molar-refractivity contribution in [2.75, 3.05) is 0 Å². The molecule has 0 saturated carbocycles. The van der Waals surface area contributed by atoms with Crippen LogP contribution in [0.3, 0.4) is 0 Å². The number of fused-ring (bicyclic) bond motifs is 1. The maximum absolute atomic E-state index is 13.1. The fraction of sp³-hybridized carbons (Fsp3) is 0.211. The van der Waals surface area contributed by atoms with Gasteiger partial charge in [0.1, 0.15) is 0 Å². The zero-order chi connectivity index (χ0) is 17.3. The normalized spacial score (nSPS) is 12.1. The first-order chi connectivity index (χ1) is 11.5. The van der Waals surface area contributed by atoms with Crippen LogP contribution in [-0.4, -0.2) is 14.8 Å². The Balaban J connectivity index is 2.35. The molecule has 0 radical (unpaired) electrons. The van der Waals surface area contributed by atoms with E-state index in [0.717, 1.165) is 16.8 Å². The number of rotatable bonds is 3. The van der Waals surface area contributed by atoms with E-state index in [1.54, 1.807) is 17.6 Å². The number of para-hydroxylation sites is 1. The van der Waals surface area contributed by atoms with E-state index in [4.69, 9.17) is 5.26 Å². The van der Waals surface area contributed by atoms with Crippen molar-refractivity contribution in [3.8, 4) is 11.8 Å². The lowest BCUT2D eigenvalue weighted by Crippen LogP contribution is -2.22. The Morgan fingerprint density at radius 2 is 1.83 bits per heavy atom. The van der Waals surface area contributed by atoms with E-state index in [0.29, 0.717) is 16.1 Å². The van der Waals surface area contributed by atoms with Crippen molar-refractivity contribution in [1.82, 2.24) is 9.55 Å². The summed E-state index contributed by atoms with van der Waals surface area (Å²) in [5.41, 5.74) is 3.47. The van der Waals surface area contributed by atoms with Crippen LogP contribution in [0.5, 0.6) is 0 Å². The van der Waals surface area contributed by atoms with Crippen molar-refractivity contribution < 1.29 is 0 Å². The van der Waals surface area contributed by atoms with Crippen LogP contribution in [0.25, 0.3) is 16.6 Å². The molecule has 120 valence electrons. The molecule has 0 saturated heterocycles. The van der Waals surface area contributed by atoms with Gasteiger partial charge in [0.05, 0.1) is 27.9 Å². The Labute approximate surface area is 144 Å². The van der Waals surface area contributed by atoms with Crippen LogP contribution < -0.4 is 5.56 Å². The summed E-state index contributed by atoms with van der Waals surface area (Å²) >= 11 is 1.30. The topological polar surface area (TPSA) is 58.7 Å². The van der Waals surface area contributed by atoms with Gasteiger partial charge in [0.2, 0.25) is 0 Å². The van der Waals surface area contributed by atoms with Gasteiger partial charge in [-0.15, -0.1) is 0 Å². The van der Waals surface area contributed by atoms with E-state index in [1.165, 1.54) is 11.8 Å². The van der Waals surface area contributed by atoms with Crippen molar-refractivity contribution in [2.24, 2.45) is 0 Å². The first-order valence-electron chi connectivity index (χ1n) is 7.66. The smallest absolute Gasteiger partial charge is 0.266 e. The van der Waals surface area contributed by atoms with Gasteiger partial charge < -0.3 is 0 Å². The molecule has 1 heterocycles. The van der Waals surface area contributed by atoms with Gasteiger partial charge in [0, 0.05) is 0 Å². The number of nitriles is 1. The highest BCUT2D eigenvalue weighted by Crippen LogP contribution is 2.25. The van der Waals surface area contributed by atoms with Crippen LogP contribution in [0.15, 0.2) is 52.4 Å². The van der Waals surface area contributed by atoms with Gasteiger partial charge in [-0.3, -0.25) is 9.36 Å². The molecule has 1 aromatic heterocycles. The number of thioether (sulfide) groups is 1. The molecule has 0 N–H and O–H groups in total. The molecule has 0 spiro atoms. The van der Waals surface area contributed by atoms with Gasteiger partial charge in [0.15, 0.2) is 5.16 Å². The molecule has 3 rings (SSSR count). The molecule has 0 aliphatic carbocycles. The summed E-state index contributed by atoms with van der Waals surface area (Å²) < 4.78 is 1.61. The fourth-order valence-corrected chi connectivity index (χ4v) is 3.50. The maximum Gasteiger partial charge on any atom is 0.266 e. The molecule has 2 aromatic carbocycles. The van der Waals surface area contributed by atoms with Gasteiger partial charge in [-0.2, -0.15) is 5.26 Å². The summed E-state index contributed by atoms with van der Waals surface area (Å²) in [5.74, 6) is 0. The summed E-state index contributed by atoms with van der Waals surface area (Å²) in [5, 5.41) is 9.96. The molecule has 3 aromatic rings. The highest BCUT2D eigenvalue weighted by Gasteiger charge is 2.16. The second kappa shape index (κ2) is 6.50. The second-order valence-corrected chi connectivity index (χ2v) is 7.10. The van der Waals surface area contributed by atoms with Crippen molar-refractivity contribution in [3.63, 3.8) is 0 Å². The number of aromatic nitrogens is 2. The Kier molecular flexibility index (Phi) is 4.41. The number of benzene rings is 2. The second-order valence-electron chi connectivity index (χ2n) is 5.79. The van der Waals surface area contributed by atoms with E-state index in [2.05, 4.69) is 17.1 Å². The Hall–Kier alpha value is -2.58. The van der Waals surface area contributed by atoms with Crippen LogP contribution in [0.4, 0.5) is 0 Å². The zero-order valence-electron chi connectivity index (χ0n) is 13.8. The van der Waals surface area contributed by atoms with Crippen LogP contribution >= 0.6 is 11.8 Å². The van der Waals surface area contributed by atoms with Gasteiger partial charge in [-0.25, -0.2) is 4.98 Å². The van der Waals surface area contributed by atoms with Gasteiger partial charge in [-0.05, 0) is 56.2 Å². The largest absolute Gasteiger partial charge is 0.268 e. The predicted molar refractivity (Wildman–Crippen MR) is 97.7 cm³/mol. The summed E-state index contributed by atoms with van der Waals surface area (Å²) in [6.07, 6.45) is 0. The monoisotopic (exact) mass is 335 g/mol.